The third kappa shape index (κ3) is 5.71. The van der Waals surface area contributed by atoms with Crippen LogP contribution in [-0.2, 0) is 21.4 Å². The Morgan fingerprint density at radius 3 is 2.32 bits per heavy atom. The molecule has 3 aromatic carbocycles. The Morgan fingerprint density at radius 1 is 0.919 bits per heavy atom. The van der Waals surface area contributed by atoms with Gasteiger partial charge in [0.2, 0.25) is 5.91 Å². The maximum atomic E-state index is 12.8. The number of amides is 2. The fraction of sp³-hybridized carbons (Fsp3) is 0.111. The fourth-order valence-corrected chi connectivity index (χ4v) is 6.16. The zero-order chi connectivity index (χ0) is 25.8. The Balaban J connectivity index is 1.23. The summed E-state index contributed by atoms with van der Waals surface area (Å²) >= 11 is 1.53. The van der Waals surface area contributed by atoms with Gasteiger partial charge in [-0.2, -0.15) is 0 Å². The average molecular weight is 534 g/mol. The standard InChI is InChI=1S/C27H23N3O5S2/c31-25-18-36-27(30(25)17-23-7-4-16-35-23)20-10-8-19(9-11-20)26(32)28-21-12-14-24(15-13-21)37(33,34)29-22-5-2-1-3-6-22/h1-16,27,29H,17-18H2,(H,28,32)/t27-/m1/s1. The Hall–Kier alpha value is -4.02. The summed E-state index contributed by atoms with van der Waals surface area (Å²) in [6, 6.07) is 25.3. The molecule has 2 heterocycles. The Morgan fingerprint density at radius 2 is 1.65 bits per heavy atom. The highest BCUT2D eigenvalue weighted by molar-refractivity contribution is 8.00. The van der Waals surface area contributed by atoms with Gasteiger partial charge >= 0.3 is 0 Å². The van der Waals surface area contributed by atoms with E-state index in [9.17, 15) is 18.0 Å². The molecule has 1 fully saturated rings. The molecule has 0 radical (unpaired) electrons. The molecular weight excluding hydrogens is 510 g/mol. The predicted octanol–water partition coefficient (Wildman–Crippen LogP) is 5.11. The maximum absolute atomic E-state index is 12.8. The molecule has 37 heavy (non-hydrogen) atoms. The second-order valence-electron chi connectivity index (χ2n) is 8.34. The summed E-state index contributed by atoms with van der Waals surface area (Å²) in [5, 5.41) is 2.63. The minimum Gasteiger partial charge on any atom is -0.467 e. The van der Waals surface area contributed by atoms with Crippen molar-refractivity contribution in [1.82, 2.24) is 4.90 Å². The smallest absolute Gasteiger partial charge is 0.261 e. The van der Waals surface area contributed by atoms with Gasteiger partial charge in [-0.25, -0.2) is 8.42 Å². The van der Waals surface area contributed by atoms with Gasteiger partial charge in [-0.05, 0) is 66.2 Å². The highest BCUT2D eigenvalue weighted by Gasteiger charge is 2.33. The molecule has 2 N–H and O–H groups in total. The number of thioether (sulfide) groups is 1. The van der Waals surface area contributed by atoms with E-state index >= 15 is 0 Å². The molecular formula is C27H23N3O5S2. The van der Waals surface area contributed by atoms with Gasteiger partial charge in [-0.3, -0.25) is 14.3 Å². The van der Waals surface area contributed by atoms with E-state index in [0.717, 1.165) is 5.56 Å². The monoisotopic (exact) mass is 533 g/mol. The number of carbonyl (C=O) groups excluding carboxylic acids is 2. The van der Waals surface area contributed by atoms with Crippen LogP contribution < -0.4 is 10.0 Å². The highest BCUT2D eigenvalue weighted by atomic mass is 32.2. The number of anilines is 2. The van der Waals surface area contributed by atoms with E-state index < -0.39 is 10.0 Å². The quantitative estimate of drug-likeness (QED) is 0.326. The van der Waals surface area contributed by atoms with Crippen LogP contribution in [0.15, 0.2) is 107 Å². The van der Waals surface area contributed by atoms with Crippen LogP contribution in [0.25, 0.3) is 0 Å². The van der Waals surface area contributed by atoms with E-state index in [0.29, 0.717) is 35.0 Å². The molecule has 0 aliphatic carbocycles. The van der Waals surface area contributed by atoms with Crippen molar-refractivity contribution in [3.8, 4) is 0 Å². The van der Waals surface area contributed by atoms with Crippen LogP contribution in [0.5, 0.6) is 0 Å². The molecule has 188 valence electrons. The Bertz CT molecular complexity index is 1490. The van der Waals surface area contributed by atoms with Crippen LogP contribution in [0.1, 0.15) is 27.1 Å². The number of para-hydroxylation sites is 1. The first-order valence-electron chi connectivity index (χ1n) is 11.4. The van der Waals surface area contributed by atoms with Crippen LogP contribution in [0.2, 0.25) is 0 Å². The van der Waals surface area contributed by atoms with Crippen LogP contribution in [0.3, 0.4) is 0 Å². The Labute approximate surface area is 218 Å². The summed E-state index contributed by atoms with van der Waals surface area (Å²) in [6.45, 7) is 0.387. The molecule has 0 unspecified atom stereocenters. The molecule has 1 aliphatic heterocycles. The van der Waals surface area contributed by atoms with Gasteiger partial charge in [0.25, 0.3) is 15.9 Å². The molecule has 0 bridgehead atoms. The third-order valence-corrected chi connectivity index (χ3v) is 8.43. The van der Waals surface area contributed by atoms with Crippen LogP contribution in [-0.4, -0.2) is 30.9 Å². The average Bonchev–Trinajstić information content (AvgIpc) is 3.55. The van der Waals surface area contributed by atoms with E-state index in [1.54, 1.807) is 71.8 Å². The largest absolute Gasteiger partial charge is 0.467 e. The normalized spacial score (nSPS) is 15.5. The number of benzene rings is 3. The molecule has 4 aromatic rings. The van der Waals surface area contributed by atoms with Crippen molar-refractivity contribution in [1.29, 1.82) is 0 Å². The van der Waals surface area contributed by atoms with Crippen molar-refractivity contribution in [3.63, 3.8) is 0 Å². The lowest BCUT2D eigenvalue weighted by molar-refractivity contribution is -0.128. The first kappa shape index (κ1) is 24.7. The van der Waals surface area contributed by atoms with Crippen molar-refractivity contribution in [2.75, 3.05) is 15.8 Å². The molecule has 2 amide bonds. The zero-order valence-electron chi connectivity index (χ0n) is 19.5. The second-order valence-corrected chi connectivity index (χ2v) is 11.1. The summed E-state index contributed by atoms with van der Waals surface area (Å²) in [7, 11) is -3.75. The lowest BCUT2D eigenvalue weighted by atomic mass is 10.1. The first-order chi connectivity index (χ1) is 17.9. The first-order valence-corrected chi connectivity index (χ1v) is 13.9. The van der Waals surface area contributed by atoms with Crippen LogP contribution in [0.4, 0.5) is 11.4 Å². The van der Waals surface area contributed by atoms with E-state index in [2.05, 4.69) is 10.0 Å². The topological polar surface area (TPSA) is 109 Å². The minimum atomic E-state index is -3.75. The van der Waals surface area contributed by atoms with E-state index in [-0.39, 0.29) is 22.1 Å². The van der Waals surface area contributed by atoms with Gasteiger partial charge in [-0.1, -0.05) is 30.3 Å². The molecule has 0 saturated carbocycles. The molecule has 1 aromatic heterocycles. The number of nitrogens with zero attached hydrogens (tertiary/aromatic N) is 1. The maximum Gasteiger partial charge on any atom is 0.261 e. The number of nitrogens with one attached hydrogen (secondary N) is 2. The molecule has 1 saturated heterocycles. The molecule has 1 atom stereocenters. The number of sulfonamides is 1. The summed E-state index contributed by atoms with van der Waals surface area (Å²) in [6.07, 6.45) is 1.58. The summed E-state index contributed by atoms with van der Waals surface area (Å²) in [4.78, 5) is 27.0. The van der Waals surface area contributed by atoms with Gasteiger partial charge in [0.1, 0.15) is 11.1 Å². The van der Waals surface area contributed by atoms with Crippen molar-refractivity contribution in [2.45, 2.75) is 16.8 Å². The number of hydrogen-bond donors (Lipinski definition) is 2. The lowest BCUT2D eigenvalue weighted by Gasteiger charge is -2.23. The summed E-state index contributed by atoms with van der Waals surface area (Å²) < 4.78 is 33.1. The summed E-state index contributed by atoms with van der Waals surface area (Å²) in [5.41, 5.74) is 2.29. The van der Waals surface area contributed by atoms with E-state index in [4.69, 9.17) is 4.42 Å². The number of hydrogen-bond acceptors (Lipinski definition) is 6. The molecule has 0 spiro atoms. The SMILES string of the molecule is O=C(Nc1ccc(S(=O)(=O)Nc2ccccc2)cc1)c1ccc([C@H]2SCC(=O)N2Cc2ccco2)cc1. The van der Waals surface area contributed by atoms with E-state index in [1.165, 1.54) is 23.9 Å². The van der Waals surface area contributed by atoms with Gasteiger partial charge < -0.3 is 14.6 Å². The number of carbonyl (C=O) groups is 2. The van der Waals surface area contributed by atoms with Gasteiger partial charge in [-0.15, -0.1) is 11.8 Å². The minimum absolute atomic E-state index is 0.0395. The molecule has 5 rings (SSSR count). The van der Waals surface area contributed by atoms with Crippen molar-refractivity contribution >= 4 is 45.0 Å². The van der Waals surface area contributed by atoms with E-state index in [1.807, 2.05) is 18.2 Å². The lowest BCUT2D eigenvalue weighted by Crippen LogP contribution is -2.27. The highest BCUT2D eigenvalue weighted by Crippen LogP contribution is 2.39. The van der Waals surface area contributed by atoms with Crippen LogP contribution >= 0.6 is 11.8 Å². The van der Waals surface area contributed by atoms with Crippen LogP contribution in [0, 0.1) is 0 Å². The fourth-order valence-electron chi connectivity index (χ4n) is 3.91. The predicted molar refractivity (Wildman–Crippen MR) is 143 cm³/mol. The third-order valence-electron chi connectivity index (χ3n) is 5.78. The number of furan rings is 1. The van der Waals surface area contributed by atoms with Crippen molar-refractivity contribution < 1.29 is 22.4 Å². The zero-order valence-corrected chi connectivity index (χ0v) is 21.2. The molecule has 10 heteroatoms. The van der Waals surface area contributed by atoms with Gasteiger partial charge in [0.05, 0.1) is 23.5 Å². The Kier molecular flexibility index (Phi) is 7.02. The summed E-state index contributed by atoms with van der Waals surface area (Å²) in [5.74, 6) is 0.816. The number of rotatable bonds is 8. The van der Waals surface area contributed by atoms with Crippen molar-refractivity contribution in [2.24, 2.45) is 0 Å². The van der Waals surface area contributed by atoms with Gasteiger partial charge in [0.15, 0.2) is 0 Å². The molecule has 1 aliphatic rings. The van der Waals surface area contributed by atoms with Crippen molar-refractivity contribution in [3.05, 3.63) is 114 Å². The molecule has 8 nitrogen and oxygen atoms in total. The second kappa shape index (κ2) is 10.5. The van der Waals surface area contributed by atoms with Gasteiger partial charge in [0, 0.05) is 16.9 Å².